The van der Waals surface area contributed by atoms with Crippen molar-refractivity contribution in [2.45, 2.75) is 72.1 Å². The highest BCUT2D eigenvalue weighted by Gasteiger charge is 2.29. The minimum Gasteiger partial charge on any atom is -0.463 e. The maximum absolute atomic E-state index is 6.11. The van der Waals surface area contributed by atoms with Crippen LogP contribution < -0.4 is 5.32 Å². The van der Waals surface area contributed by atoms with E-state index in [9.17, 15) is 0 Å². The van der Waals surface area contributed by atoms with Crippen molar-refractivity contribution in [3.63, 3.8) is 0 Å². The van der Waals surface area contributed by atoms with E-state index in [1.165, 1.54) is 31.4 Å². The Hall–Kier alpha value is -0.800. The summed E-state index contributed by atoms with van der Waals surface area (Å²) in [5.41, 5.74) is 1.30. The summed E-state index contributed by atoms with van der Waals surface area (Å²) in [6.45, 7) is 12.3. The van der Waals surface area contributed by atoms with Crippen LogP contribution in [0.15, 0.2) is 10.5 Å². The van der Waals surface area contributed by atoms with E-state index >= 15 is 0 Å². The topological polar surface area (TPSA) is 28.4 Å². The van der Waals surface area contributed by atoms with Crippen LogP contribution in [0, 0.1) is 18.8 Å². The highest BCUT2D eigenvalue weighted by Crippen LogP contribution is 2.29. The number of nitrogens with zero attached hydrogens (tertiary/aromatic N) is 1. The molecule has 3 heteroatoms. The van der Waals surface area contributed by atoms with Gasteiger partial charge in [-0.2, -0.15) is 0 Å². The van der Waals surface area contributed by atoms with Gasteiger partial charge < -0.3 is 9.73 Å². The Balaban J connectivity index is 1.62. The van der Waals surface area contributed by atoms with E-state index in [-0.39, 0.29) is 0 Å². The Morgan fingerprint density at radius 2 is 2.05 bits per heavy atom. The minimum absolute atomic E-state index is 0.652. The van der Waals surface area contributed by atoms with Gasteiger partial charge in [0.2, 0.25) is 0 Å². The van der Waals surface area contributed by atoms with Crippen LogP contribution in [0.1, 0.15) is 57.1 Å². The minimum atomic E-state index is 0.652. The molecule has 1 aliphatic carbocycles. The molecule has 0 bridgehead atoms. The lowest BCUT2D eigenvalue weighted by Crippen LogP contribution is -2.45. The number of likely N-dealkylation sites (tertiary alicyclic amines) is 1. The molecule has 3 rings (SSSR count). The van der Waals surface area contributed by atoms with Gasteiger partial charge in [0.25, 0.3) is 0 Å². The first-order valence-corrected chi connectivity index (χ1v) is 8.58. The maximum atomic E-state index is 6.11. The number of furan rings is 1. The number of hydrogen-bond acceptors (Lipinski definition) is 3. The fraction of sp³-hybridized carbons (Fsp3) is 0.778. The summed E-state index contributed by atoms with van der Waals surface area (Å²) in [7, 11) is 0. The molecule has 3 atom stereocenters. The van der Waals surface area contributed by atoms with Crippen molar-refractivity contribution in [2.75, 3.05) is 6.54 Å². The van der Waals surface area contributed by atoms with Gasteiger partial charge in [0.15, 0.2) is 0 Å². The molecular formula is C18H30N2O. The summed E-state index contributed by atoms with van der Waals surface area (Å²) in [4.78, 5) is 2.59. The van der Waals surface area contributed by atoms with Gasteiger partial charge in [-0.15, -0.1) is 0 Å². The summed E-state index contributed by atoms with van der Waals surface area (Å²) in [5, 5.41) is 3.55. The molecular weight excluding hydrogens is 260 g/mol. The van der Waals surface area contributed by atoms with E-state index in [1.807, 2.05) is 0 Å². The molecule has 2 heterocycles. The number of rotatable bonds is 5. The van der Waals surface area contributed by atoms with Crippen LogP contribution in [-0.4, -0.2) is 23.5 Å². The molecule has 1 N–H and O–H groups in total. The molecule has 21 heavy (non-hydrogen) atoms. The third kappa shape index (κ3) is 3.70. The summed E-state index contributed by atoms with van der Waals surface area (Å²) in [5.74, 6) is 3.83. The summed E-state index contributed by atoms with van der Waals surface area (Å²) in [6, 6.07) is 3.63. The number of hydrogen-bond donors (Lipinski definition) is 1. The lowest BCUT2D eigenvalue weighted by molar-refractivity contribution is 0.0664. The van der Waals surface area contributed by atoms with Crippen molar-refractivity contribution < 1.29 is 4.42 Å². The fourth-order valence-corrected chi connectivity index (χ4v) is 3.61. The van der Waals surface area contributed by atoms with Gasteiger partial charge in [-0.05, 0) is 56.6 Å². The van der Waals surface area contributed by atoms with Crippen molar-refractivity contribution in [2.24, 2.45) is 11.8 Å². The van der Waals surface area contributed by atoms with Crippen molar-refractivity contribution >= 4 is 0 Å². The number of nitrogens with one attached hydrogen (secondary N) is 1. The zero-order valence-corrected chi connectivity index (χ0v) is 14.0. The van der Waals surface area contributed by atoms with Crippen LogP contribution in [0.4, 0.5) is 0 Å². The Morgan fingerprint density at radius 1 is 1.29 bits per heavy atom. The van der Waals surface area contributed by atoms with Crippen LogP contribution in [0.2, 0.25) is 0 Å². The fourth-order valence-electron chi connectivity index (χ4n) is 3.61. The first-order valence-electron chi connectivity index (χ1n) is 8.58. The van der Waals surface area contributed by atoms with Crippen LogP contribution >= 0.6 is 0 Å². The van der Waals surface area contributed by atoms with E-state index in [2.05, 4.69) is 44.0 Å². The average Bonchev–Trinajstić information content (AvgIpc) is 3.18. The predicted octanol–water partition coefficient (Wildman–Crippen LogP) is 3.71. The quantitative estimate of drug-likeness (QED) is 0.896. The zero-order chi connectivity index (χ0) is 15.0. The van der Waals surface area contributed by atoms with Crippen LogP contribution in [0.5, 0.6) is 0 Å². The monoisotopic (exact) mass is 290 g/mol. The summed E-state index contributed by atoms with van der Waals surface area (Å²) in [6.07, 6.45) is 4.01. The second kappa shape index (κ2) is 6.13. The normalized spacial score (nSPS) is 30.8. The van der Waals surface area contributed by atoms with E-state index in [0.29, 0.717) is 6.04 Å². The lowest BCUT2D eigenvalue weighted by atomic mass is 9.86. The largest absolute Gasteiger partial charge is 0.463 e. The second-order valence-electron chi connectivity index (χ2n) is 7.46. The Bertz CT molecular complexity index is 478. The molecule has 1 aliphatic heterocycles. The van der Waals surface area contributed by atoms with E-state index in [4.69, 9.17) is 4.42 Å². The summed E-state index contributed by atoms with van der Waals surface area (Å²) >= 11 is 0. The van der Waals surface area contributed by atoms with Crippen LogP contribution in [-0.2, 0) is 13.1 Å². The standard InChI is InChI=1S/C18H30N2O/c1-12-7-13(2)15(4)20(10-12)11-17-8-14(3)18(21-17)9-19-16-5-6-16/h8,12-13,15-16,19H,5-7,9-11H2,1-4H3. The Kier molecular flexibility index (Phi) is 4.41. The third-order valence-corrected chi connectivity index (χ3v) is 5.28. The second-order valence-corrected chi connectivity index (χ2v) is 7.46. The lowest BCUT2D eigenvalue weighted by Gasteiger charge is -2.40. The number of piperidine rings is 1. The SMILES string of the molecule is Cc1cc(CN2CC(C)CC(C)C2C)oc1CNC1CC1. The van der Waals surface area contributed by atoms with E-state index in [0.717, 1.165) is 42.5 Å². The first-order chi connectivity index (χ1) is 10.0. The highest BCUT2D eigenvalue weighted by atomic mass is 16.3. The van der Waals surface area contributed by atoms with Gasteiger partial charge in [0.05, 0.1) is 13.1 Å². The molecule has 3 unspecified atom stereocenters. The van der Waals surface area contributed by atoms with Crippen molar-refractivity contribution in [3.05, 3.63) is 23.2 Å². The highest BCUT2D eigenvalue weighted by molar-refractivity contribution is 5.20. The average molecular weight is 290 g/mol. The van der Waals surface area contributed by atoms with Crippen LogP contribution in [0.3, 0.4) is 0 Å². The molecule has 1 aromatic heterocycles. The molecule has 2 aliphatic rings. The van der Waals surface area contributed by atoms with E-state index in [1.54, 1.807) is 0 Å². The van der Waals surface area contributed by atoms with Crippen LogP contribution in [0.25, 0.3) is 0 Å². The van der Waals surface area contributed by atoms with E-state index < -0.39 is 0 Å². The number of aryl methyl sites for hydroxylation is 1. The molecule has 0 radical (unpaired) electrons. The first kappa shape index (κ1) is 15.1. The molecule has 1 saturated carbocycles. The Labute approximate surface area is 129 Å². The van der Waals surface area contributed by atoms with Gasteiger partial charge in [0, 0.05) is 18.6 Å². The van der Waals surface area contributed by atoms with Gasteiger partial charge in [-0.25, -0.2) is 0 Å². The Morgan fingerprint density at radius 3 is 2.76 bits per heavy atom. The van der Waals surface area contributed by atoms with Gasteiger partial charge >= 0.3 is 0 Å². The molecule has 0 spiro atoms. The van der Waals surface area contributed by atoms with Gasteiger partial charge in [-0.3, -0.25) is 4.90 Å². The molecule has 118 valence electrons. The molecule has 0 amide bonds. The maximum Gasteiger partial charge on any atom is 0.120 e. The molecule has 3 nitrogen and oxygen atoms in total. The van der Waals surface area contributed by atoms with Crippen molar-refractivity contribution in [1.82, 2.24) is 10.2 Å². The predicted molar refractivity (Wildman–Crippen MR) is 86.1 cm³/mol. The van der Waals surface area contributed by atoms with Crippen molar-refractivity contribution in [3.8, 4) is 0 Å². The van der Waals surface area contributed by atoms with Crippen molar-refractivity contribution in [1.29, 1.82) is 0 Å². The summed E-state index contributed by atoms with van der Waals surface area (Å²) < 4.78 is 6.11. The molecule has 0 aromatic carbocycles. The molecule has 2 fully saturated rings. The smallest absolute Gasteiger partial charge is 0.120 e. The zero-order valence-electron chi connectivity index (χ0n) is 14.0. The van der Waals surface area contributed by atoms with Gasteiger partial charge in [-0.1, -0.05) is 13.8 Å². The van der Waals surface area contributed by atoms with Gasteiger partial charge in [0.1, 0.15) is 11.5 Å². The molecule has 1 saturated heterocycles. The third-order valence-electron chi connectivity index (χ3n) is 5.28. The molecule has 1 aromatic rings.